The minimum Gasteiger partial charge on any atom is -0.320 e. The minimum atomic E-state index is -0.558. The van der Waals surface area contributed by atoms with Crippen molar-refractivity contribution in [1.29, 1.82) is 0 Å². The first kappa shape index (κ1) is 21.5. The molecule has 0 saturated carbocycles. The van der Waals surface area contributed by atoms with Gasteiger partial charge in [0.1, 0.15) is 10.8 Å². The van der Waals surface area contributed by atoms with E-state index >= 15 is 0 Å². The summed E-state index contributed by atoms with van der Waals surface area (Å²) < 4.78 is 13.3. The van der Waals surface area contributed by atoms with Gasteiger partial charge in [-0.05, 0) is 55.3 Å². The molecule has 2 N–H and O–H groups in total. The fourth-order valence-corrected chi connectivity index (χ4v) is 4.41. The molecule has 1 aliphatic heterocycles. The fourth-order valence-electron chi connectivity index (χ4n) is 3.21. The lowest BCUT2D eigenvalue weighted by molar-refractivity contribution is 0.102. The van der Waals surface area contributed by atoms with Gasteiger partial charge in [0.15, 0.2) is 0 Å². The number of hydrogen-bond donors (Lipinski definition) is 2. The van der Waals surface area contributed by atoms with E-state index in [-0.39, 0.29) is 28.0 Å². The van der Waals surface area contributed by atoms with Crippen LogP contribution in [0.4, 0.5) is 20.6 Å². The number of likely N-dealkylation sites (tertiary alicyclic amines) is 1. The second kappa shape index (κ2) is 9.17. The molecule has 1 aliphatic rings. The first-order valence-corrected chi connectivity index (χ1v) is 10.9. The number of carbonyl (C=O) groups excluding carboxylic acids is 2. The van der Waals surface area contributed by atoms with Crippen molar-refractivity contribution in [2.24, 2.45) is 0 Å². The maximum Gasteiger partial charge on any atom is 0.322 e. The van der Waals surface area contributed by atoms with Crippen LogP contribution in [0.5, 0.6) is 0 Å². The quantitative estimate of drug-likeness (QED) is 0.509. The number of hydrogen-bond acceptors (Lipinski definition) is 5. The number of carbonyl (C=O) groups is 2. The molecule has 0 aliphatic carbocycles. The molecule has 31 heavy (non-hydrogen) atoms. The fraction of sp³-hybridized carbons (Fsp3) is 0.200. The van der Waals surface area contributed by atoms with Crippen molar-refractivity contribution in [2.75, 3.05) is 17.2 Å². The lowest BCUT2D eigenvalue weighted by atomic mass is 10.2. The summed E-state index contributed by atoms with van der Waals surface area (Å²) in [5.74, 6) is -0.946. The van der Waals surface area contributed by atoms with Gasteiger partial charge in [-0.15, -0.1) is 10.2 Å². The number of anilines is 2. The van der Waals surface area contributed by atoms with Gasteiger partial charge < -0.3 is 15.5 Å². The zero-order valence-corrected chi connectivity index (χ0v) is 18.3. The van der Waals surface area contributed by atoms with Crippen LogP contribution in [0.1, 0.15) is 33.7 Å². The Morgan fingerprint density at radius 2 is 1.81 bits per heavy atom. The van der Waals surface area contributed by atoms with Gasteiger partial charge in [-0.2, -0.15) is 0 Å². The van der Waals surface area contributed by atoms with Crippen molar-refractivity contribution in [3.05, 3.63) is 68.3 Å². The van der Waals surface area contributed by atoms with Crippen molar-refractivity contribution in [3.8, 4) is 0 Å². The molecule has 1 unspecified atom stereocenters. The van der Waals surface area contributed by atoms with Crippen LogP contribution in [0.2, 0.25) is 10.0 Å². The van der Waals surface area contributed by atoms with E-state index in [2.05, 4.69) is 20.8 Å². The molecular formula is C20H16Cl2FN5O2S. The highest BCUT2D eigenvalue weighted by molar-refractivity contribution is 7.13. The van der Waals surface area contributed by atoms with Crippen LogP contribution in [-0.2, 0) is 0 Å². The van der Waals surface area contributed by atoms with Gasteiger partial charge in [0.05, 0.1) is 11.1 Å². The van der Waals surface area contributed by atoms with Crippen molar-refractivity contribution in [3.63, 3.8) is 0 Å². The largest absolute Gasteiger partial charge is 0.322 e. The topological polar surface area (TPSA) is 87.2 Å². The third kappa shape index (κ3) is 4.95. The summed E-state index contributed by atoms with van der Waals surface area (Å²) >= 11 is 12.8. The summed E-state index contributed by atoms with van der Waals surface area (Å²) in [6, 6.07) is 10.0. The number of benzene rings is 2. The first-order valence-electron chi connectivity index (χ1n) is 9.34. The molecule has 3 amide bonds. The van der Waals surface area contributed by atoms with E-state index in [4.69, 9.17) is 23.2 Å². The van der Waals surface area contributed by atoms with Gasteiger partial charge in [0.25, 0.3) is 5.91 Å². The maximum atomic E-state index is 13.3. The first-order chi connectivity index (χ1) is 14.9. The summed E-state index contributed by atoms with van der Waals surface area (Å²) in [4.78, 5) is 26.8. The molecular weight excluding hydrogens is 464 g/mol. The summed E-state index contributed by atoms with van der Waals surface area (Å²) in [5.41, 5.74) is 0.980. The number of aromatic nitrogens is 2. The molecule has 11 heteroatoms. The summed E-state index contributed by atoms with van der Waals surface area (Å²) in [5, 5.41) is 14.8. The van der Waals surface area contributed by atoms with Gasteiger partial charge >= 0.3 is 6.03 Å². The van der Waals surface area contributed by atoms with Gasteiger partial charge in [-0.3, -0.25) is 4.79 Å². The highest BCUT2D eigenvalue weighted by atomic mass is 35.5. The van der Waals surface area contributed by atoms with Crippen LogP contribution in [0.15, 0.2) is 42.5 Å². The van der Waals surface area contributed by atoms with E-state index < -0.39 is 5.82 Å². The van der Waals surface area contributed by atoms with E-state index in [1.807, 2.05) is 0 Å². The highest BCUT2D eigenvalue weighted by Crippen LogP contribution is 2.34. The van der Waals surface area contributed by atoms with Gasteiger partial charge in [-0.1, -0.05) is 34.5 Å². The molecule has 4 rings (SSSR count). The zero-order valence-electron chi connectivity index (χ0n) is 15.9. The molecule has 1 saturated heterocycles. The predicted molar refractivity (Wildman–Crippen MR) is 118 cm³/mol. The summed E-state index contributed by atoms with van der Waals surface area (Å²) in [6.45, 7) is 0.525. The van der Waals surface area contributed by atoms with Gasteiger partial charge in [0, 0.05) is 22.9 Å². The summed E-state index contributed by atoms with van der Waals surface area (Å²) in [6.07, 6.45) is 1.49. The van der Waals surface area contributed by atoms with Crippen LogP contribution in [0, 0.1) is 5.82 Å². The number of nitrogens with one attached hydrogen (secondary N) is 2. The monoisotopic (exact) mass is 479 g/mol. The second-order valence-electron chi connectivity index (χ2n) is 6.82. The third-order valence-electron chi connectivity index (χ3n) is 4.71. The van der Waals surface area contributed by atoms with Crippen molar-refractivity contribution >= 4 is 57.9 Å². The Labute approximate surface area is 191 Å². The Hall–Kier alpha value is -2.75. The van der Waals surface area contributed by atoms with Crippen LogP contribution in [0.3, 0.4) is 0 Å². The number of nitrogens with zero attached hydrogens (tertiary/aromatic N) is 3. The number of amides is 3. The predicted octanol–water partition coefficient (Wildman–Crippen LogP) is 5.61. The molecule has 0 bridgehead atoms. The smallest absolute Gasteiger partial charge is 0.320 e. The molecule has 0 spiro atoms. The lowest BCUT2D eigenvalue weighted by Crippen LogP contribution is -2.34. The van der Waals surface area contributed by atoms with E-state index in [0.29, 0.717) is 34.4 Å². The Bertz CT molecular complexity index is 1130. The van der Waals surface area contributed by atoms with Gasteiger partial charge in [-0.25, -0.2) is 9.18 Å². The van der Waals surface area contributed by atoms with E-state index in [1.165, 1.54) is 18.2 Å². The van der Waals surface area contributed by atoms with Crippen LogP contribution in [-0.4, -0.2) is 33.6 Å². The second-order valence-corrected chi connectivity index (χ2v) is 8.67. The van der Waals surface area contributed by atoms with Gasteiger partial charge in [0.2, 0.25) is 5.01 Å². The average molecular weight is 480 g/mol. The third-order valence-corrected chi connectivity index (χ3v) is 6.27. The van der Waals surface area contributed by atoms with Crippen molar-refractivity contribution < 1.29 is 14.0 Å². The Morgan fingerprint density at radius 1 is 1.06 bits per heavy atom. The summed E-state index contributed by atoms with van der Waals surface area (Å²) in [7, 11) is 0. The lowest BCUT2D eigenvalue weighted by Gasteiger charge is -2.23. The Balaban J connectivity index is 1.44. The number of halogens is 3. The van der Waals surface area contributed by atoms with E-state index in [1.54, 1.807) is 29.2 Å². The number of urea groups is 1. The van der Waals surface area contributed by atoms with Crippen molar-refractivity contribution in [1.82, 2.24) is 15.1 Å². The van der Waals surface area contributed by atoms with Crippen LogP contribution < -0.4 is 10.6 Å². The molecule has 2 heterocycles. The SMILES string of the molecule is O=C(Nc1ccc(Cl)cc1)c1nnc(C2CCCN2C(=O)Nc2ccc(F)c(Cl)c2)s1. The van der Waals surface area contributed by atoms with Crippen molar-refractivity contribution in [2.45, 2.75) is 18.9 Å². The molecule has 1 atom stereocenters. The maximum absolute atomic E-state index is 13.3. The minimum absolute atomic E-state index is 0.0729. The highest BCUT2D eigenvalue weighted by Gasteiger charge is 2.33. The van der Waals surface area contributed by atoms with E-state index in [0.717, 1.165) is 17.8 Å². The number of rotatable bonds is 4. The molecule has 0 radical (unpaired) electrons. The van der Waals surface area contributed by atoms with Crippen LogP contribution >= 0.6 is 34.5 Å². The molecule has 2 aromatic carbocycles. The molecule has 1 aromatic heterocycles. The van der Waals surface area contributed by atoms with E-state index in [9.17, 15) is 14.0 Å². The van der Waals surface area contributed by atoms with Crippen LogP contribution in [0.25, 0.3) is 0 Å². The Morgan fingerprint density at radius 3 is 2.55 bits per heavy atom. The Kier molecular flexibility index (Phi) is 6.35. The normalized spacial score (nSPS) is 15.7. The molecule has 1 fully saturated rings. The standard InChI is InChI=1S/C20H16Cl2FN5O2S/c21-11-3-5-12(6-4-11)24-17(29)19-27-26-18(31-19)16-2-1-9-28(16)20(30)25-13-7-8-15(23)14(22)10-13/h3-8,10,16H,1-2,9H2,(H,24,29)(H,25,30). The molecule has 7 nitrogen and oxygen atoms in total. The molecule has 3 aromatic rings. The molecule has 160 valence electrons. The average Bonchev–Trinajstić information content (AvgIpc) is 3.42. The zero-order chi connectivity index (χ0) is 22.0.